The molecule has 1 fully saturated rings. The van der Waals surface area contributed by atoms with Crippen molar-refractivity contribution in [1.82, 2.24) is 5.32 Å². The van der Waals surface area contributed by atoms with Gasteiger partial charge in [-0.25, -0.2) is 0 Å². The van der Waals surface area contributed by atoms with Gasteiger partial charge in [0.2, 0.25) is 0 Å². The highest BCUT2D eigenvalue weighted by Crippen LogP contribution is 2.34. The fourth-order valence-electron chi connectivity index (χ4n) is 2.64. The SMILES string of the molecule is COc1ccc([C@H]2CN[C@@H](CN=[N+]=[N-])C2)cc1OC(C)C.Cl. The Kier molecular flexibility index (Phi) is 7.32. The van der Waals surface area contributed by atoms with Crippen LogP contribution in [0.1, 0.15) is 31.7 Å². The lowest BCUT2D eigenvalue weighted by Crippen LogP contribution is -2.23. The van der Waals surface area contributed by atoms with Crippen LogP contribution in [0, 0.1) is 0 Å². The van der Waals surface area contributed by atoms with Crippen LogP contribution in [0.15, 0.2) is 23.3 Å². The molecule has 22 heavy (non-hydrogen) atoms. The second kappa shape index (κ2) is 8.73. The molecule has 0 bridgehead atoms. The summed E-state index contributed by atoms with van der Waals surface area (Å²) in [6, 6.07) is 6.34. The van der Waals surface area contributed by atoms with Gasteiger partial charge in [0, 0.05) is 24.0 Å². The molecule has 0 amide bonds. The number of hydrogen-bond acceptors (Lipinski definition) is 4. The number of benzene rings is 1. The number of azide groups is 1. The molecule has 1 aromatic rings. The van der Waals surface area contributed by atoms with Gasteiger partial charge in [-0.3, -0.25) is 0 Å². The van der Waals surface area contributed by atoms with Gasteiger partial charge in [-0.1, -0.05) is 11.2 Å². The first-order valence-corrected chi connectivity index (χ1v) is 7.23. The molecule has 2 atom stereocenters. The van der Waals surface area contributed by atoms with Gasteiger partial charge in [-0.05, 0) is 49.4 Å². The van der Waals surface area contributed by atoms with Crippen LogP contribution < -0.4 is 14.8 Å². The maximum absolute atomic E-state index is 8.39. The summed E-state index contributed by atoms with van der Waals surface area (Å²) in [6.07, 6.45) is 1.07. The summed E-state index contributed by atoms with van der Waals surface area (Å²) in [5, 5.41) is 7.03. The van der Waals surface area contributed by atoms with Crippen molar-refractivity contribution >= 4 is 12.4 Å². The molecule has 1 heterocycles. The fourth-order valence-corrected chi connectivity index (χ4v) is 2.64. The molecule has 0 spiro atoms. The standard InChI is InChI=1S/C15H22N4O2.ClH/c1-10(2)21-15-7-11(4-5-14(15)20-3)12-6-13(17-8-12)9-18-19-16;/h4-5,7,10,12-13,17H,6,8-9H2,1-3H3;1H/t12-,13-;/m1./s1. The normalized spacial score (nSPS) is 20.2. The van der Waals surface area contributed by atoms with E-state index in [0.717, 1.165) is 24.5 Å². The van der Waals surface area contributed by atoms with Crippen molar-refractivity contribution in [3.05, 3.63) is 34.2 Å². The number of halogens is 1. The maximum Gasteiger partial charge on any atom is 0.161 e. The van der Waals surface area contributed by atoms with Gasteiger partial charge in [0.05, 0.1) is 13.2 Å². The van der Waals surface area contributed by atoms with E-state index in [1.807, 2.05) is 19.9 Å². The Balaban J connectivity index is 0.00000242. The first kappa shape index (κ1) is 18.4. The van der Waals surface area contributed by atoms with Crippen molar-refractivity contribution in [1.29, 1.82) is 0 Å². The Morgan fingerprint density at radius 1 is 1.41 bits per heavy atom. The van der Waals surface area contributed by atoms with Crippen molar-refractivity contribution in [2.45, 2.75) is 38.3 Å². The van der Waals surface area contributed by atoms with Crippen molar-refractivity contribution < 1.29 is 9.47 Å². The zero-order valence-corrected chi connectivity index (χ0v) is 14.0. The average Bonchev–Trinajstić information content (AvgIpc) is 2.93. The van der Waals surface area contributed by atoms with Crippen molar-refractivity contribution in [3.8, 4) is 11.5 Å². The van der Waals surface area contributed by atoms with Gasteiger partial charge in [0.15, 0.2) is 11.5 Å². The largest absolute Gasteiger partial charge is 0.493 e. The van der Waals surface area contributed by atoms with Crippen LogP contribution in [-0.4, -0.2) is 32.3 Å². The van der Waals surface area contributed by atoms with Crippen LogP contribution in [0.5, 0.6) is 11.5 Å². The Bertz CT molecular complexity index is 532. The topological polar surface area (TPSA) is 79.2 Å². The summed E-state index contributed by atoms with van der Waals surface area (Å²) in [5.41, 5.74) is 9.61. The van der Waals surface area contributed by atoms with Crippen molar-refractivity contribution in [2.75, 3.05) is 20.2 Å². The Hall–Kier alpha value is -1.62. The second-order valence-electron chi connectivity index (χ2n) is 5.53. The molecule has 0 unspecified atom stereocenters. The van der Waals surface area contributed by atoms with Gasteiger partial charge in [0.1, 0.15) is 0 Å². The fraction of sp³-hybridized carbons (Fsp3) is 0.600. The Labute approximate surface area is 137 Å². The third-order valence-electron chi connectivity index (χ3n) is 3.61. The minimum absolute atomic E-state index is 0. The second-order valence-corrected chi connectivity index (χ2v) is 5.53. The van der Waals surface area contributed by atoms with Gasteiger partial charge >= 0.3 is 0 Å². The van der Waals surface area contributed by atoms with Crippen molar-refractivity contribution in [2.24, 2.45) is 5.11 Å². The molecule has 1 N–H and O–H groups in total. The van der Waals surface area contributed by atoms with E-state index in [4.69, 9.17) is 15.0 Å². The summed E-state index contributed by atoms with van der Waals surface area (Å²) >= 11 is 0. The number of hydrogen-bond donors (Lipinski definition) is 1. The van der Waals surface area contributed by atoms with E-state index in [2.05, 4.69) is 27.5 Å². The Morgan fingerprint density at radius 2 is 2.18 bits per heavy atom. The molecule has 0 aliphatic carbocycles. The Morgan fingerprint density at radius 3 is 2.82 bits per heavy atom. The van der Waals surface area contributed by atoms with Crippen LogP contribution >= 0.6 is 12.4 Å². The average molecular weight is 327 g/mol. The molecule has 6 nitrogen and oxygen atoms in total. The van der Waals surface area contributed by atoms with E-state index in [9.17, 15) is 0 Å². The van der Waals surface area contributed by atoms with Crippen LogP contribution in [0.25, 0.3) is 10.4 Å². The lowest BCUT2D eigenvalue weighted by atomic mass is 9.96. The van der Waals surface area contributed by atoms with Gasteiger partial charge in [0.25, 0.3) is 0 Å². The first-order valence-electron chi connectivity index (χ1n) is 7.23. The summed E-state index contributed by atoms with van der Waals surface area (Å²) in [5.74, 6) is 1.94. The highest BCUT2D eigenvalue weighted by Gasteiger charge is 2.25. The van der Waals surface area contributed by atoms with Crippen LogP contribution in [0.4, 0.5) is 0 Å². The lowest BCUT2D eigenvalue weighted by molar-refractivity contribution is 0.230. The van der Waals surface area contributed by atoms with E-state index < -0.39 is 0 Å². The molecular formula is C15H23ClN4O2. The predicted octanol–water partition coefficient (Wildman–Crippen LogP) is 3.66. The van der Waals surface area contributed by atoms with E-state index >= 15 is 0 Å². The zero-order valence-electron chi connectivity index (χ0n) is 13.2. The molecular weight excluding hydrogens is 304 g/mol. The molecule has 2 rings (SSSR count). The lowest BCUT2D eigenvalue weighted by Gasteiger charge is -2.17. The number of nitrogens with zero attached hydrogens (tertiary/aromatic N) is 3. The molecule has 122 valence electrons. The predicted molar refractivity (Wildman–Crippen MR) is 89.2 cm³/mol. The van der Waals surface area contributed by atoms with E-state index in [1.54, 1.807) is 7.11 Å². The highest BCUT2D eigenvalue weighted by atomic mass is 35.5. The van der Waals surface area contributed by atoms with Crippen molar-refractivity contribution in [3.63, 3.8) is 0 Å². The van der Waals surface area contributed by atoms with Gasteiger partial charge < -0.3 is 14.8 Å². The van der Waals surface area contributed by atoms with Gasteiger partial charge in [-0.2, -0.15) is 0 Å². The summed E-state index contributed by atoms with van der Waals surface area (Å²) < 4.78 is 11.2. The van der Waals surface area contributed by atoms with E-state index in [0.29, 0.717) is 12.5 Å². The molecule has 0 saturated carbocycles. The summed E-state index contributed by atoms with van der Waals surface area (Å²) in [7, 11) is 1.65. The van der Waals surface area contributed by atoms with Crippen LogP contribution in [0.2, 0.25) is 0 Å². The zero-order chi connectivity index (χ0) is 15.2. The quantitative estimate of drug-likeness (QED) is 0.492. The maximum atomic E-state index is 8.39. The summed E-state index contributed by atoms with van der Waals surface area (Å²) in [4.78, 5) is 2.81. The molecule has 1 aliphatic rings. The minimum Gasteiger partial charge on any atom is -0.493 e. The smallest absolute Gasteiger partial charge is 0.161 e. The molecule has 0 radical (unpaired) electrons. The number of nitrogens with one attached hydrogen (secondary N) is 1. The number of methoxy groups -OCH3 is 1. The van der Waals surface area contributed by atoms with E-state index in [-0.39, 0.29) is 24.6 Å². The highest BCUT2D eigenvalue weighted by molar-refractivity contribution is 5.85. The third-order valence-corrected chi connectivity index (χ3v) is 3.61. The monoisotopic (exact) mass is 326 g/mol. The molecule has 1 saturated heterocycles. The minimum atomic E-state index is 0. The van der Waals surface area contributed by atoms with Crippen LogP contribution in [-0.2, 0) is 0 Å². The molecule has 0 aromatic heterocycles. The molecule has 7 heteroatoms. The molecule has 1 aliphatic heterocycles. The van der Waals surface area contributed by atoms with E-state index in [1.165, 1.54) is 5.56 Å². The number of rotatable bonds is 6. The summed E-state index contributed by atoms with van der Waals surface area (Å²) in [6.45, 7) is 5.38. The third kappa shape index (κ3) is 4.70. The molecule has 1 aromatic carbocycles. The first-order chi connectivity index (χ1) is 10.1. The number of ether oxygens (including phenoxy) is 2. The van der Waals surface area contributed by atoms with Gasteiger partial charge in [-0.15, -0.1) is 12.4 Å². The van der Waals surface area contributed by atoms with Crippen LogP contribution in [0.3, 0.4) is 0 Å².